The van der Waals surface area contributed by atoms with Crippen LogP contribution in [0.25, 0.3) is 0 Å². The molecule has 0 heterocycles. The van der Waals surface area contributed by atoms with Crippen LogP contribution in [0.4, 0.5) is 0 Å². The topological polar surface area (TPSA) is 18.5 Å². The monoisotopic (exact) mass is 340 g/mol. The highest BCUT2D eigenvalue weighted by atomic mass is 16.5. The Morgan fingerprint density at radius 3 is 1.52 bits per heavy atom. The Morgan fingerprint density at radius 1 is 0.680 bits per heavy atom. The predicted molar refractivity (Wildman–Crippen MR) is 106 cm³/mol. The van der Waals surface area contributed by atoms with Crippen LogP contribution >= 0.6 is 0 Å². The summed E-state index contributed by atoms with van der Waals surface area (Å²) in [5.74, 6) is 1.92. The Kier molecular flexibility index (Phi) is 5.51. The molecule has 2 aromatic rings. The molecule has 0 N–H and O–H groups in total. The van der Waals surface area contributed by atoms with Crippen LogP contribution in [-0.4, -0.2) is 14.2 Å². The van der Waals surface area contributed by atoms with Gasteiger partial charge in [0.15, 0.2) is 0 Å². The highest BCUT2D eigenvalue weighted by Gasteiger charge is 2.27. The summed E-state index contributed by atoms with van der Waals surface area (Å²) >= 11 is 0. The van der Waals surface area contributed by atoms with Gasteiger partial charge < -0.3 is 9.47 Å². The molecule has 0 aliphatic carbocycles. The number of hydrogen-bond donors (Lipinski definition) is 0. The van der Waals surface area contributed by atoms with Crippen LogP contribution in [-0.2, 0) is 17.3 Å². The van der Waals surface area contributed by atoms with E-state index in [9.17, 15) is 0 Å². The van der Waals surface area contributed by atoms with E-state index >= 15 is 0 Å². The van der Waals surface area contributed by atoms with Crippen LogP contribution in [0.3, 0.4) is 0 Å². The van der Waals surface area contributed by atoms with Gasteiger partial charge in [-0.2, -0.15) is 0 Å². The smallest absolute Gasteiger partial charge is 0.126 e. The van der Waals surface area contributed by atoms with Crippen LogP contribution < -0.4 is 9.47 Å². The molecule has 0 unspecified atom stereocenters. The van der Waals surface area contributed by atoms with Gasteiger partial charge in [-0.25, -0.2) is 0 Å². The highest BCUT2D eigenvalue weighted by Crippen LogP contribution is 2.40. The van der Waals surface area contributed by atoms with Gasteiger partial charge in [0.2, 0.25) is 0 Å². The molecule has 0 atom stereocenters. The van der Waals surface area contributed by atoms with E-state index in [0.717, 1.165) is 17.9 Å². The third-order valence-electron chi connectivity index (χ3n) is 4.54. The summed E-state index contributed by atoms with van der Waals surface area (Å²) in [6.07, 6.45) is 0.903. The molecular formula is C23H32O2. The number of methoxy groups -OCH3 is 2. The van der Waals surface area contributed by atoms with Gasteiger partial charge in [0.05, 0.1) is 14.2 Å². The van der Waals surface area contributed by atoms with Crippen molar-refractivity contribution in [3.63, 3.8) is 0 Å². The minimum Gasteiger partial charge on any atom is -0.497 e. The van der Waals surface area contributed by atoms with E-state index in [0.29, 0.717) is 0 Å². The molecule has 0 aliphatic rings. The third kappa shape index (κ3) is 4.56. The second-order valence-corrected chi connectivity index (χ2v) is 8.75. The lowest BCUT2D eigenvalue weighted by molar-refractivity contribution is 0.381. The van der Waals surface area contributed by atoms with Crippen molar-refractivity contribution in [1.82, 2.24) is 0 Å². The summed E-state index contributed by atoms with van der Waals surface area (Å²) in [7, 11) is 3.48. The molecule has 0 saturated carbocycles. The van der Waals surface area contributed by atoms with Gasteiger partial charge in [-0.1, -0.05) is 65.8 Å². The normalized spacial score (nSPS) is 12.2. The van der Waals surface area contributed by atoms with Crippen LogP contribution in [0.5, 0.6) is 11.5 Å². The first-order chi connectivity index (χ1) is 11.6. The molecule has 0 bridgehead atoms. The maximum absolute atomic E-state index is 5.85. The lowest BCUT2D eigenvalue weighted by atomic mass is 9.78. The van der Waals surface area contributed by atoms with E-state index in [1.165, 1.54) is 22.3 Å². The Labute approximate surface area is 153 Å². The van der Waals surface area contributed by atoms with Crippen LogP contribution in [0.15, 0.2) is 36.4 Å². The zero-order valence-electron chi connectivity index (χ0n) is 17.0. The summed E-state index contributed by atoms with van der Waals surface area (Å²) in [5, 5.41) is 0. The summed E-state index contributed by atoms with van der Waals surface area (Å²) in [6.45, 7) is 13.5. The Hall–Kier alpha value is -1.96. The average molecular weight is 341 g/mol. The van der Waals surface area contributed by atoms with Gasteiger partial charge in [0.25, 0.3) is 0 Å². The highest BCUT2D eigenvalue weighted by molar-refractivity contribution is 5.51. The van der Waals surface area contributed by atoms with Crippen molar-refractivity contribution in [2.45, 2.75) is 58.8 Å². The third-order valence-corrected chi connectivity index (χ3v) is 4.54. The minimum atomic E-state index is 0.0290. The van der Waals surface area contributed by atoms with Crippen LogP contribution in [0, 0.1) is 0 Å². The zero-order valence-corrected chi connectivity index (χ0v) is 17.0. The minimum absolute atomic E-state index is 0.0290. The fourth-order valence-electron chi connectivity index (χ4n) is 3.10. The zero-order chi connectivity index (χ0) is 18.8. The number of rotatable bonds is 4. The molecule has 2 rings (SSSR count). The lowest BCUT2D eigenvalue weighted by Crippen LogP contribution is -2.19. The molecule has 0 radical (unpaired) electrons. The first kappa shape index (κ1) is 19.4. The Bertz CT molecular complexity index is 678. The van der Waals surface area contributed by atoms with Crippen LogP contribution in [0.2, 0.25) is 0 Å². The number of benzene rings is 2. The van der Waals surface area contributed by atoms with Crippen molar-refractivity contribution in [3.05, 3.63) is 58.7 Å². The van der Waals surface area contributed by atoms with E-state index < -0.39 is 0 Å². The molecule has 0 aromatic heterocycles. The van der Waals surface area contributed by atoms with Crippen molar-refractivity contribution >= 4 is 0 Å². The molecule has 136 valence electrons. The molecule has 2 nitrogen and oxygen atoms in total. The molecule has 25 heavy (non-hydrogen) atoms. The molecular weight excluding hydrogens is 308 g/mol. The Balaban J connectivity index is 2.54. The molecule has 0 amide bonds. The molecule has 0 aliphatic heterocycles. The van der Waals surface area contributed by atoms with Gasteiger partial charge in [0, 0.05) is 11.1 Å². The summed E-state index contributed by atoms with van der Waals surface area (Å²) in [5.41, 5.74) is 5.20. The molecule has 0 fully saturated rings. The summed E-state index contributed by atoms with van der Waals surface area (Å²) in [4.78, 5) is 0. The summed E-state index contributed by atoms with van der Waals surface area (Å²) < 4.78 is 11.1. The maximum Gasteiger partial charge on any atom is 0.126 e. The number of ether oxygens (including phenoxy) is 2. The maximum atomic E-state index is 5.85. The van der Waals surface area contributed by atoms with E-state index in [4.69, 9.17) is 9.47 Å². The van der Waals surface area contributed by atoms with E-state index in [2.05, 4.69) is 65.8 Å². The number of hydrogen-bond acceptors (Lipinski definition) is 2. The van der Waals surface area contributed by atoms with Crippen molar-refractivity contribution < 1.29 is 9.47 Å². The van der Waals surface area contributed by atoms with Crippen molar-refractivity contribution in [1.29, 1.82) is 0 Å². The van der Waals surface area contributed by atoms with Crippen molar-refractivity contribution in [3.8, 4) is 11.5 Å². The SMILES string of the molecule is COc1ccc(Cc2cc(C(C)(C)C)c(OC)c(C(C)(C)C)c2)cc1. The second kappa shape index (κ2) is 7.11. The van der Waals surface area contributed by atoms with Gasteiger partial charge in [-0.15, -0.1) is 0 Å². The molecule has 2 aromatic carbocycles. The quantitative estimate of drug-likeness (QED) is 0.691. The average Bonchev–Trinajstić information content (AvgIpc) is 2.53. The van der Waals surface area contributed by atoms with Crippen molar-refractivity contribution in [2.24, 2.45) is 0 Å². The molecule has 0 saturated heterocycles. The first-order valence-corrected chi connectivity index (χ1v) is 8.91. The fraction of sp³-hybridized carbons (Fsp3) is 0.478. The van der Waals surface area contributed by atoms with Crippen LogP contribution in [0.1, 0.15) is 63.8 Å². The molecule has 0 spiro atoms. The van der Waals surface area contributed by atoms with Gasteiger partial charge >= 0.3 is 0 Å². The first-order valence-electron chi connectivity index (χ1n) is 8.91. The second-order valence-electron chi connectivity index (χ2n) is 8.75. The standard InChI is InChI=1S/C23H32O2/c1-22(2,3)19-14-17(13-16-9-11-18(24-7)12-10-16)15-20(21(19)25-8)23(4,5)6/h9-12,14-15H,13H2,1-8H3. The van der Waals surface area contributed by atoms with E-state index in [1.54, 1.807) is 14.2 Å². The lowest BCUT2D eigenvalue weighted by Gasteiger charge is -2.30. The van der Waals surface area contributed by atoms with E-state index in [-0.39, 0.29) is 10.8 Å². The van der Waals surface area contributed by atoms with Gasteiger partial charge in [0.1, 0.15) is 11.5 Å². The van der Waals surface area contributed by atoms with Gasteiger partial charge in [-0.05, 0) is 40.5 Å². The largest absolute Gasteiger partial charge is 0.497 e. The molecule has 2 heteroatoms. The van der Waals surface area contributed by atoms with E-state index in [1.807, 2.05) is 12.1 Å². The predicted octanol–water partition coefficient (Wildman–Crippen LogP) is 5.89. The van der Waals surface area contributed by atoms with Crippen molar-refractivity contribution in [2.75, 3.05) is 14.2 Å². The van der Waals surface area contributed by atoms with Gasteiger partial charge in [-0.3, -0.25) is 0 Å². The Morgan fingerprint density at radius 2 is 1.16 bits per heavy atom. The fourth-order valence-corrected chi connectivity index (χ4v) is 3.10. The summed E-state index contributed by atoms with van der Waals surface area (Å²) in [6, 6.07) is 12.9.